The van der Waals surface area contributed by atoms with Crippen molar-refractivity contribution in [1.82, 2.24) is 4.90 Å². The molecular formula is C16H22F5NO. The van der Waals surface area contributed by atoms with Crippen molar-refractivity contribution >= 4 is 0 Å². The summed E-state index contributed by atoms with van der Waals surface area (Å²) in [4.78, 5) is 2.31. The fraction of sp³-hybridized carbons (Fsp3) is 0.625. The largest absolute Gasteiger partial charge is 0.500 e. The van der Waals surface area contributed by atoms with Gasteiger partial charge in [-0.3, -0.25) is 4.90 Å². The molecular weight excluding hydrogens is 317 g/mol. The molecule has 0 atom stereocenters. The first kappa shape index (κ1) is 19.7. The van der Waals surface area contributed by atoms with Gasteiger partial charge in [0.05, 0.1) is 12.9 Å². The Bertz CT molecular complexity index is 434. The zero-order valence-electron chi connectivity index (χ0n) is 13.1. The van der Waals surface area contributed by atoms with Crippen LogP contribution in [-0.2, 0) is 4.74 Å². The molecule has 0 N–H and O–H groups in total. The van der Waals surface area contributed by atoms with Crippen LogP contribution in [0, 0.1) is 0 Å². The lowest BCUT2D eigenvalue weighted by molar-refractivity contribution is -0.259. The first-order valence-corrected chi connectivity index (χ1v) is 7.53. The summed E-state index contributed by atoms with van der Waals surface area (Å²) in [5.41, 5.74) is 0.511. The predicted molar refractivity (Wildman–Crippen MR) is 79.3 cm³/mol. The Labute approximate surface area is 133 Å². The number of ether oxygens (including phenoxy) is 1. The van der Waals surface area contributed by atoms with Gasteiger partial charge in [0.2, 0.25) is 0 Å². The van der Waals surface area contributed by atoms with E-state index in [-0.39, 0.29) is 6.08 Å². The maximum Gasteiger partial charge on any atom is 0.457 e. The average Bonchev–Trinajstić information content (AvgIpc) is 2.46. The number of hydrogen-bond acceptors (Lipinski definition) is 2. The van der Waals surface area contributed by atoms with Gasteiger partial charge in [0.15, 0.2) is 0 Å². The molecule has 0 bridgehead atoms. The second-order valence-electron chi connectivity index (χ2n) is 5.47. The molecule has 0 radical (unpaired) electrons. The third-order valence-electron chi connectivity index (χ3n) is 3.44. The van der Waals surface area contributed by atoms with E-state index in [0.717, 1.165) is 19.6 Å². The first-order valence-electron chi connectivity index (χ1n) is 7.53. The van der Waals surface area contributed by atoms with Crippen molar-refractivity contribution in [1.29, 1.82) is 0 Å². The van der Waals surface area contributed by atoms with Crippen molar-refractivity contribution < 1.29 is 26.7 Å². The smallest absolute Gasteiger partial charge is 0.457 e. The highest BCUT2D eigenvalue weighted by molar-refractivity contribution is 5.22. The number of alkyl halides is 5. The summed E-state index contributed by atoms with van der Waals surface area (Å²) < 4.78 is 66.4. The molecule has 0 aromatic carbocycles. The van der Waals surface area contributed by atoms with Gasteiger partial charge in [-0.25, -0.2) is 0 Å². The summed E-state index contributed by atoms with van der Waals surface area (Å²) in [6.45, 7) is 5.07. The molecule has 0 amide bonds. The van der Waals surface area contributed by atoms with Crippen molar-refractivity contribution in [2.75, 3.05) is 26.2 Å². The van der Waals surface area contributed by atoms with Gasteiger partial charge < -0.3 is 4.74 Å². The summed E-state index contributed by atoms with van der Waals surface area (Å²) in [6.07, 6.45) is 2.74. The van der Waals surface area contributed by atoms with Crippen molar-refractivity contribution in [2.45, 2.75) is 38.3 Å². The molecule has 1 rings (SSSR count). The van der Waals surface area contributed by atoms with Crippen molar-refractivity contribution in [3.63, 3.8) is 0 Å². The Kier molecular flexibility index (Phi) is 7.75. The van der Waals surface area contributed by atoms with E-state index in [1.54, 1.807) is 6.92 Å². The van der Waals surface area contributed by atoms with Gasteiger partial charge >= 0.3 is 12.1 Å². The standard InChI is InChI=1S/C16H22F5NO/c1-14(6-5-8-15(17,18)16(19,20)21)7-12-23-13-11-22-9-3-2-4-10-22/h5-8,12H,2-4,9-11,13H2,1H3/b8-5+,12-7+,14-6-. The first-order chi connectivity index (χ1) is 10.7. The average molecular weight is 339 g/mol. The molecule has 1 heterocycles. The van der Waals surface area contributed by atoms with Crippen LogP contribution in [0.5, 0.6) is 0 Å². The van der Waals surface area contributed by atoms with E-state index in [2.05, 4.69) is 4.90 Å². The molecule has 0 aliphatic carbocycles. The highest BCUT2D eigenvalue weighted by Crippen LogP contribution is 2.36. The topological polar surface area (TPSA) is 12.5 Å². The minimum atomic E-state index is -5.57. The molecule has 0 aromatic rings. The molecule has 0 aromatic heterocycles. The molecule has 1 saturated heterocycles. The van der Waals surface area contributed by atoms with Crippen LogP contribution in [-0.4, -0.2) is 43.2 Å². The van der Waals surface area contributed by atoms with Gasteiger partial charge in [-0.1, -0.05) is 18.6 Å². The fourth-order valence-corrected chi connectivity index (χ4v) is 2.06. The van der Waals surface area contributed by atoms with Gasteiger partial charge in [-0.15, -0.1) is 0 Å². The maximum absolute atomic E-state index is 12.6. The molecule has 23 heavy (non-hydrogen) atoms. The molecule has 1 aliphatic rings. The third kappa shape index (κ3) is 7.63. The minimum absolute atomic E-state index is 0.165. The SMILES string of the molecule is CC(=C/C=C/C(F)(F)C(F)(F)F)/C=C/OCCN1CCCCC1. The third-order valence-corrected chi connectivity index (χ3v) is 3.44. The van der Waals surface area contributed by atoms with E-state index in [9.17, 15) is 22.0 Å². The van der Waals surface area contributed by atoms with Crippen LogP contribution < -0.4 is 0 Å². The van der Waals surface area contributed by atoms with Gasteiger partial charge in [-0.2, -0.15) is 22.0 Å². The highest BCUT2D eigenvalue weighted by Gasteiger charge is 2.55. The fourth-order valence-electron chi connectivity index (χ4n) is 2.06. The summed E-state index contributed by atoms with van der Waals surface area (Å²) >= 11 is 0. The monoisotopic (exact) mass is 339 g/mol. The second kappa shape index (κ2) is 9.05. The zero-order valence-corrected chi connectivity index (χ0v) is 13.1. The van der Waals surface area contributed by atoms with Crippen LogP contribution in [0.15, 0.2) is 36.1 Å². The van der Waals surface area contributed by atoms with Crippen LogP contribution in [0.1, 0.15) is 26.2 Å². The number of nitrogens with zero attached hydrogens (tertiary/aromatic N) is 1. The van der Waals surface area contributed by atoms with Crippen LogP contribution >= 0.6 is 0 Å². The highest BCUT2D eigenvalue weighted by atomic mass is 19.4. The predicted octanol–water partition coefficient (Wildman–Crippen LogP) is 4.70. The maximum atomic E-state index is 12.6. The van der Waals surface area contributed by atoms with E-state index in [0.29, 0.717) is 18.3 Å². The Morgan fingerprint density at radius 2 is 1.74 bits per heavy atom. The Morgan fingerprint density at radius 1 is 1.09 bits per heavy atom. The van der Waals surface area contributed by atoms with Crippen LogP contribution in [0.25, 0.3) is 0 Å². The molecule has 0 saturated carbocycles. The van der Waals surface area contributed by atoms with Crippen LogP contribution in [0.3, 0.4) is 0 Å². The molecule has 1 aliphatic heterocycles. The second-order valence-corrected chi connectivity index (χ2v) is 5.47. The lowest BCUT2D eigenvalue weighted by atomic mass is 10.1. The lowest BCUT2D eigenvalue weighted by Crippen LogP contribution is -2.33. The Balaban J connectivity index is 2.30. The summed E-state index contributed by atoms with van der Waals surface area (Å²) in [5.74, 6) is -4.82. The molecule has 7 heteroatoms. The Morgan fingerprint density at radius 3 is 2.35 bits per heavy atom. The number of hydrogen-bond donors (Lipinski definition) is 0. The molecule has 0 spiro atoms. The molecule has 2 nitrogen and oxygen atoms in total. The zero-order chi connectivity index (χ0) is 17.3. The number of rotatable bonds is 7. The molecule has 1 fully saturated rings. The summed E-state index contributed by atoms with van der Waals surface area (Å²) in [5, 5.41) is 0. The van der Waals surface area contributed by atoms with Gasteiger partial charge in [0, 0.05) is 6.54 Å². The van der Waals surface area contributed by atoms with Gasteiger partial charge in [-0.05, 0) is 50.6 Å². The van der Waals surface area contributed by atoms with Gasteiger partial charge in [0.25, 0.3) is 0 Å². The van der Waals surface area contributed by atoms with E-state index in [4.69, 9.17) is 4.74 Å². The van der Waals surface area contributed by atoms with Crippen molar-refractivity contribution in [3.8, 4) is 0 Å². The normalized spacial score (nSPS) is 19.0. The minimum Gasteiger partial charge on any atom is -0.500 e. The number of halogens is 5. The van der Waals surface area contributed by atoms with Gasteiger partial charge in [0.1, 0.15) is 0 Å². The van der Waals surface area contributed by atoms with Crippen molar-refractivity contribution in [3.05, 3.63) is 36.1 Å². The Hall–Kier alpha value is -1.37. The number of allylic oxidation sites excluding steroid dienone is 5. The van der Waals surface area contributed by atoms with Crippen molar-refractivity contribution in [2.24, 2.45) is 0 Å². The quantitative estimate of drug-likeness (QED) is 0.288. The van der Waals surface area contributed by atoms with Crippen LogP contribution in [0.4, 0.5) is 22.0 Å². The van der Waals surface area contributed by atoms with E-state index in [1.165, 1.54) is 37.7 Å². The van der Waals surface area contributed by atoms with E-state index in [1.807, 2.05) is 0 Å². The number of piperidine rings is 1. The molecule has 0 unspecified atom stereocenters. The van der Waals surface area contributed by atoms with E-state index < -0.39 is 12.1 Å². The van der Waals surface area contributed by atoms with Crippen LogP contribution in [0.2, 0.25) is 0 Å². The number of likely N-dealkylation sites (tertiary alicyclic amines) is 1. The summed E-state index contributed by atoms with van der Waals surface area (Å²) in [6, 6.07) is 0. The van der Waals surface area contributed by atoms with E-state index >= 15 is 0 Å². The summed E-state index contributed by atoms with van der Waals surface area (Å²) in [7, 11) is 0. The lowest BCUT2D eigenvalue weighted by Gasteiger charge is -2.25. The molecule has 132 valence electrons.